The molecule has 1 saturated carbocycles. The van der Waals surface area contributed by atoms with Gasteiger partial charge in [0.2, 0.25) is 0 Å². The average Bonchev–Trinajstić information content (AvgIpc) is 1.87. The minimum Gasteiger partial charge on any atom is -0.328 e. The molecule has 1 aliphatic carbocycles. The van der Waals surface area contributed by atoms with Gasteiger partial charge >= 0.3 is 0 Å². The van der Waals surface area contributed by atoms with E-state index < -0.39 is 0 Å². The van der Waals surface area contributed by atoms with E-state index in [1.165, 1.54) is 37.2 Å². The van der Waals surface area contributed by atoms with E-state index in [4.69, 9.17) is 5.73 Å². The zero-order chi connectivity index (χ0) is 7.03. The van der Waals surface area contributed by atoms with Gasteiger partial charge < -0.3 is 5.73 Å². The fourth-order valence-corrected chi connectivity index (χ4v) is 3.62. The van der Waals surface area contributed by atoms with Gasteiger partial charge in [-0.25, -0.2) is 0 Å². The SMILES string of the molecule is NC1CC2(CCSCC2)C1. The fraction of sp³-hybridized carbons (Fsp3) is 1.00. The quantitative estimate of drug-likeness (QED) is 0.578. The molecular formula is C8H15NS. The van der Waals surface area contributed by atoms with Gasteiger partial charge in [0.25, 0.3) is 0 Å². The van der Waals surface area contributed by atoms with Crippen molar-refractivity contribution in [2.45, 2.75) is 31.7 Å². The van der Waals surface area contributed by atoms with Gasteiger partial charge in [0.1, 0.15) is 0 Å². The third kappa shape index (κ3) is 1.08. The van der Waals surface area contributed by atoms with Crippen molar-refractivity contribution in [3.8, 4) is 0 Å². The fourth-order valence-electron chi connectivity index (χ4n) is 2.27. The van der Waals surface area contributed by atoms with Crippen LogP contribution >= 0.6 is 11.8 Å². The Kier molecular flexibility index (Phi) is 1.69. The Labute approximate surface area is 66.7 Å². The smallest absolute Gasteiger partial charge is 0.00494 e. The summed E-state index contributed by atoms with van der Waals surface area (Å²) >= 11 is 2.11. The molecule has 2 aliphatic rings. The maximum absolute atomic E-state index is 5.78. The van der Waals surface area contributed by atoms with Crippen molar-refractivity contribution in [2.24, 2.45) is 11.1 Å². The van der Waals surface area contributed by atoms with E-state index in [-0.39, 0.29) is 0 Å². The van der Waals surface area contributed by atoms with E-state index in [1.807, 2.05) is 0 Å². The molecule has 1 nitrogen and oxygen atoms in total. The lowest BCUT2D eigenvalue weighted by molar-refractivity contribution is 0.0929. The summed E-state index contributed by atoms with van der Waals surface area (Å²) < 4.78 is 0. The third-order valence-corrected chi connectivity index (χ3v) is 3.93. The Morgan fingerprint density at radius 3 is 2.30 bits per heavy atom. The molecule has 2 rings (SSSR count). The number of nitrogens with two attached hydrogens (primary N) is 1. The predicted molar refractivity (Wildman–Crippen MR) is 46.2 cm³/mol. The maximum atomic E-state index is 5.78. The highest BCUT2D eigenvalue weighted by molar-refractivity contribution is 7.99. The predicted octanol–water partition coefficient (Wildman–Crippen LogP) is 1.62. The topological polar surface area (TPSA) is 26.0 Å². The first-order chi connectivity index (χ1) is 4.81. The van der Waals surface area contributed by atoms with Gasteiger partial charge in [0.15, 0.2) is 0 Å². The van der Waals surface area contributed by atoms with Crippen LogP contribution in [0.5, 0.6) is 0 Å². The van der Waals surface area contributed by atoms with Gasteiger partial charge in [0.05, 0.1) is 0 Å². The van der Waals surface area contributed by atoms with Gasteiger partial charge in [-0.3, -0.25) is 0 Å². The first-order valence-electron chi connectivity index (χ1n) is 4.14. The zero-order valence-corrected chi connectivity index (χ0v) is 7.12. The number of hydrogen-bond donors (Lipinski definition) is 1. The van der Waals surface area contributed by atoms with Gasteiger partial charge in [0, 0.05) is 6.04 Å². The van der Waals surface area contributed by atoms with E-state index in [9.17, 15) is 0 Å². The van der Waals surface area contributed by atoms with Crippen LogP contribution in [0, 0.1) is 5.41 Å². The summed E-state index contributed by atoms with van der Waals surface area (Å²) in [4.78, 5) is 0. The van der Waals surface area contributed by atoms with Gasteiger partial charge in [-0.05, 0) is 42.6 Å². The highest BCUT2D eigenvalue weighted by Gasteiger charge is 2.42. The van der Waals surface area contributed by atoms with Crippen LogP contribution in [0.15, 0.2) is 0 Å². The summed E-state index contributed by atoms with van der Waals surface area (Å²) in [6.07, 6.45) is 5.50. The average molecular weight is 157 g/mol. The molecule has 0 aromatic rings. The molecule has 2 fully saturated rings. The number of hydrogen-bond acceptors (Lipinski definition) is 2. The van der Waals surface area contributed by atoms with Crippen molar-refractivity contribution in [2.75, 3.05) is 11.5 Å². The number of thioether (sulfide) groups is 1. The molecule has 0 unspecified atom stereocenters. The Balaban J connectivity index is 1.90. The molecule has 2 N–H and O–H groups in total. The Hall–Kier alpha value is 0.310. The molecule has 1 saturated heterocycles. The molecule has 0 radical (unpaired) electrons. The standard InChI is InChI=1S/C8H15NS/c9-7-5-8(6-7)1-3-10-4-2-8/h7H,1-6,9H2. The van der Waals surface area contributed by atoms with Gasteiger partial charge in [-0.1, -0.05) is 0 Å². The molecule has 1 heterocycles. The van der Waals surface area contributed by atoms with E-state index in [0.29, 0.717) is 6.04 Å². The van der Waals surface area contributed by atoms with E-state index in [0.717, 1.165) is 5.41 Å². The monoisotopic (exact) mass is 157 g/mol. The van der Waals surface area contributed by atoms with Crippen molar-refractivity contribution in [1.29, 1.82) is 0 Å². The Bertz CT molecular complexity index is 114. The molecule has 0 bridgehead atoms. The van der Waals surface area contributed by atoms with E-state index >= 15 is 0 Å². The van der Waals surface area contributed by atoms with Crippen LogP contribution in [-0.2, 0) is 0 Å². The summed E-state index contributed by atoms with van der Waals surface area (Å²) in [7, 11) is 0. The summed E-state index contributed by atoms with van der Waals surface area (Å²) in [5.74, 6) is 2.76. The lowest BCUT2D eigenvalue weighted by atomic mass is 9.62. The van der Waals surface area contributed by atoms with Gasteiger partial charge in [-0.15, -0.1) is 0 Å². The molecule has 10 heavy (non-hydrogen) atoms. The highest BCUT2D eigenvalue weighted by atomic mass is 32.2. The van der Waals surface area contributed by atoms with Crippen molar-refractivity contribution < 1.29 is 0 Å². The molecule has 0 aromatic carbocycles. The summed E-state index contributed by atoms with van der Waals surface area (Å²) in [6, 6.07) is 0.545. The first-order valence-corrected chi connectivity index (χ1v) is 5.30. The summed E-state index contributed by atoms with van der Waals surface area (Å²) in [6.45, 7) is 0. The molecule has 0 amide bonds. The first kappa shape index (κ1) is 6.99. The minimum atomic E-state index is 0.545. The molecule has 1 spiro atoms. The van der Waals surface area contributed by atoms with Gasteiger partial charge in [-0.2, -0.15) is 11.8 Å². The molecule has 2 heteroatoms. The number of rotatable bonds is 0. The lowest BCUT2D eigenvalue weighted by Gasteiger charge is -2.48. The second kappa shape index (κ2) is 2.42. The van der Waals surface area contributed by atoms with Crippen LogP contribution in [-0.4, -0.2) is 17.5 Å². The summed E-state index contributed by atoms with van der Waals surface area (Å²) in [5, 5.41) is 0. The van der Waals surface area contributed by atoms with Crippen LogP contribution in [0.4, 0.5) is 0 Å². The van der Waals surface area contributed by atoms with Crippen LogP contribution in [0.2, 0.25) is 0 Å². The van der Waals surface area contributed by atoms with E-state index in [2.05, 4.69) is 11.8 Å². The Morgan fingerprint density at radius 2 is 1.80 bits per heavy atom. The normalized spacial score (nSPS) is 32.1. The minimum absolute atomic E-state index is 0.545. The van der Waals surface area contributed by atoms with Crippen LogP contribution < -0.4 is 5.73 Å². The molecule has 0 atom stereocenters. The third-order valence-electron chi connectivity index (χ3n) is 2.94. The second-order valence-electron chi connectivity index (χ2n) is 3.78. The largest absolute Gasteiger partial charge is 0.328 e. The Morgan fingerprint density at radius 1 is 1.20 bits per heavy atom. The van der Waals surface area contributed by atoms with Crippen LogP contribution in [0.3, 0.4) is 0 Å². The molecular weight excluding hydrogens is 142 g/mol. The molecule has 1 aliphatic heterocycles. The van der Waals surface area contributed by atoms with Crippen molar-refractivity contribution in [1.82, 2.24) is 0 Å². The van der Waals surface area contributed by atoms with Crippen molar-refractivity contribution in [3.63, 3.8) is 0 Å². The molecule has 58 valence electrons. The molecule has 0 aromatic heterocycles. The summed E-state index contributed by atoms with van der Waals surface area (Å²) in [5.41, 5.74) is 6.50. The second-order valence-corrected chi connectivity index (χ2v) is 5.01. The zero-order valence-electron chi connectivity index (χ0n) is 6.31. The lowest BCUT2D eigenvalue weighted by Crippen LogP contribution is -2.47. The van der Waals surface area contributed by atoms with E-state index in [1.54, 1.807) is 0 Å². The van der Waals surface area contributed by atoms with Crippen LogP contribution in [0.25, 0.3) is 0 Å². The highest BCUT2D eigenvalue weighted by Crippen LogP contribution is 2.49. The maximum Gasteiger partial charge on any atom is 0.00494 e. The van der Waals surface area contributed by atoms with Crippen molar-refractivity contribution >= 4 is 11.8 Å². The van der Waals surface area contributed by atoms with Crippen LogP contribution in [0.1, 0.15) is 25.7 Å². The van der Waals surface area contributed by atoms with Crippen molar-refractivity contribution in [3.05, 3.63) is 0 Å².